The van der Waals surface area contributed by atoms with Crippen molar-refractivity contribution in [3.05, 3.63) is 0 Å². The van der Waals surface area contributed by atoms with Gasteiger partial charge in [-0.3, -0.25) is 4.79 Å². The Kier molecular flexibility index (Phi) is 5.25. The first kappa shape index (κ1) is 13.8. The van der Waals surface area contributed by atoms with Crippen LogP contribution in [0.25, 0.3) is 0 Å². The predicted octanol–water partition coefficient (Wildman–Crippen LogP) is 1.78. The van der Waals surface area contributed by atoms with Crippen LogP contribution in [0.3, 0.4) is 0 Å². The Morgan fingerprint density at radius 3 is 2.65 bits per heavy atom. The van der Waals surface area contributed by atoms with Gasteiger partial charge in [0, 0.05) is 19.1 Å². The van der Waals surface area contributed by atoms with Crippen molar-refractivity contribution in [3.63, 3.8) is 0 Å². The third-order valence-electron chi connectivity index (χ3n) is 3.14. The zero-order valence-corrected chi connectivity index (χ0v) is 10.7. The molecule has 1 heterocycles. The molecule has 1 rings (SSSR count). The molecule has 0 radical (unpaired) electrons. The average molecular weight is 242 g/mol. The quantitative estimate of drug-likeness (QED) is 0.817. The van der Waals surface area contributed by atoms with Gasteiger partial charge in [0.05, 0.1) is 0 Å². The molecule has 1 fully saturated rings. The number of carbonyl (C=O) groups is 2. The first-order chi connectivity index (χ1) is 8.06. The number of hydrogen-bond donors (Lipinski definition) is 1. The molecule has 0 aromatic heterocycles. The number of piperidine rings is 1. The van der Waals surface area contributed by atoms with Crippen LogP contribution in [0.5, 0.6) is 0 Å². The molecule has 1 saturated heterocycles. The fourth-order valence-electron chi connectivity index (χ4n) is 2.24. The first-order valence-electron chi connectivity index (χ1n) is 6.33. The summed E-state index contributed by atoms with van der Waals surface area (Å²) in [5.74, 6) is -0.948. The van der Waals surface area contributed by atoms with Crippen molar-refractivity contribution >= 4 is 12.0 Å². The van der Waals surface area contributed by atoms with Gasteiger partial charge < -0.3 is 14.9 Å². The van der Waals surface area contributed by atoms with Crippen molar-refractivity contribution in [3.8, 4) is 0 Å². The number of carbonyl (C=O) groups excluding carboxylic acids is 1. The Morgan fingerprint density at radius 1 is 1.41 bits per heavy atom. The number of hydrogen-bond acceptors (Lipinski definition) is 2. The van der Waals surface area contributed by atoms with E-state index in [9.17, 15) is 9.59 Å². The highest BCUT2D eigenvalue weighted by molar-refractivity contribution is 5.80. The van der Waals surface area contributed by atoms with E-state index in [1.807, 2.05) is 18.7 Å². The minimum Gasteiger partial charge on any atom is -0.480 e. The average Bonchev–Trinajstić information content (AvgIpc) is 2.28. The molecule has 1 unspecified atom stereocenters. The van der Waals surface area contributed by atoms with Crippen LogP contribution in [-0.2, 0) is 4.79 Å². The van der Waals surface area contributed by atoms with Crippen LogP contribution in [0, 0.1) is 0 Å². The highest BCUT2D eigenvalue weighted by Gasteiger charge is 2.27. The number of urea groups is 1. The molecule has 1 N–H and O–H groups in total. The van der Waals surface area contributed by atoms with E-state index in [-0.39, 0.29) is 18.6 Å². The molecule has 1 aliphatic rings. The lowest BCUT2D eigenvalue weighted by molar-refractivity contribution is -0.137. The van der Waals surface area contributed by atoms with Crippen molar-refractivity contribution in [1.29, 1.82) is 0 Å². The lowest BCUT2D eigenvalue weighted by Crippen LogP contribution is -2.50. The molecule has 5 nitrogen and oxygen atoms in total. The van der Waals surface area contributed by atoms with E-state index < -0.39 is 5.97 Å². The van der Waals surface area contributed by atoms with Crippen LogP contribution in [0.4, 0.5) is 4.79 Å². The number of aliphatic carboxylic acids is 1. The van der Waals surface area contributed by atoms with Crippen molar-refractivity contribution in [2.45, 2.75) is 45.6 Å². The van der Waals surface area contributed by atoms with Gasteiger partial charge in [0.25, 0.3) is 0 Å². The highest BCUT2D eigenvalue weighted by Crippen LogP contribution is 2.18. The topological polar surface area (TPSA) is 60.9 Å². The maximum atomic E-state index is 12.2. The van der Waals surface area contributed by atoms with E-state index in [1.165, 1.54) is 4.90 Å². The zero-order valence-electron chi connectivity index (χ0n) is 10.7. The van der Waals surface area contributed by atoms with Gasteiger partial charge >= 0.3 is 12.0 Å². The van der Waals surface area contributed by atoms with Gasteiger partial charge in [0.1, 0.15) is 6.54 Å². The first-order valence-corrected chi connectivity index (χ1v) is 6.33. The molecule has 0 saturated carbocycles. The van der Waals surface area contributed by atoms with Gasteiger partial charge in [-0.2, -0.15) is 0 Å². The van der Waals surface area contributed by atoms with Crippen molar-refractivity contribution in [2.75, 3.05) is 19.6 Å². The summed E-state index contributed by atoms with van der Waals surface area (Å²) in [7, 11) is 0. The summed E-state index contributed by atoms with van der Waals surface area (Å²) in [6.45, 7) is 5.04. The summed E-state index contributed by atoms with van der Waals surface area (Å²) in [6, 6.07) is 0.103. The van der Waals surface area contributed by atoms with E-state index in [0.29, 0.717) is 6.54 Å². The predicted molar refractivity (Wildman–Crippen MR) is 64.9 cm³/mol. The molecule has 5 heteroatoms. The monoisotopic (exact) mass is 242 g/mol. The number of rotatable bonds is 4. The lowest BCUT2D eigenvalue weighted by Gasteiger charge is -2.37. The summed E-state index contributed by atoms with van der Waals surface area (Å²) in [5, 5.41) is 8.81. The summed E-state index contributed by atoms with van der Waals surface area (Å²) in [4.78, 5) is 26.2. The standard InChI is InChI=1S/C12H22N2O3/c1-3-7-13(9-11(15)16)12(17)14-8-5-4-6-10(14)2/h10H,3-9H2,1-2H3,(H,15,16). The Bertz CT molecular complexity index is 281. The van der Waals surface area contributed by atoms with Gasteiger partial charge in [-0.1, -0.05) is 6.92 Å². The van der Waals surface area contributed by atoms with Gasteiger partial charge in [-0.05, 0) is 32.6 Å². The zero-order chi connectivity index (χ0) is 12.8. The fourth-order valence-corrected chi connectivity index (χ4v) is 2.24. The van der Waals surface area contributed by atoms with Crippen LogP contribution in [0.2, 0.25) is 0 Å². The number of nitrogens with zero attached hydrogens (tertiary/aromatic N) is 2. The van der Waals surface area contributed by atoms with E-state index in [0.717, 1.165) is 32.2 Å². The summed E-state index contributed by atoms with van der Waals surface area (Å²) < 4.78 is 0. The van der Waals surface area contributed by atoms with Crippen LogP contribution in [0.15, 0.2) is 0 Å². The van der Waals surface area contributed by atoms with Gasteiger partial charge in [-0.25, -0.2) is 4.79 Å². The maximum absolute atomic E-state index is 12.2. The molecule has 0 aliphatic carbocycles. The van der Waals surface area contributed by atoms with E-state index in [2.05, 4.69) is 0 Å². The number of carboxylic acids is 1. The molecular formula is C12H22N2O3. The van der Waals surface area contributed by atoms with Gasteiger partial charge in [0.15, 0.2) is 0 Å². The normalized spacial score (nSPS) is 20.1. The summed E-state index contributed by atoms with van der Waals surface area (Å²) in [6.07, 6.45) is 3.96. The second-order valence-electron chi connectivity index (χ2n) is 4.64. The Morgan fingerprint density at radius 2 is 2.12 bits per heavy atom. The molecule has 0 aromatic carbocycles. The number of carboxylic acid groups (broad SMARTS) is 1. The molecule has 17 heavy (non-hydrogen) atoms. The van der Waals surface area contributed by atoms with Gasteiger partial charge in [-0.15, -0.1) is 0 Å². The Balaban J connectivity index is 2.64. The molecule has 98 valence electrons. The van der Waals surface area contributed by atoms with Crippen LogP contribution < -0.4 is 0 Å². The summed E-state index contributed by atoms with van der Waals surface area (Å²) >= 11 is 0. The van der Waals surface area contributed by atoms with E-state index in [1.54, 1.807) is 0 Å². The second kappa shape index (κ2) is 6.47. The van der Waals surface area contributed by atoms with E-state index in [4.69, 9.17) is 5.11 Å². The Hall–Kier alpha value is -1.26. The minimum atomic E-state index is -0.948. The Labute approximate surface area is 102 Å². The second-order valence-corrected chi connectivity index (χ2v) is 4.64. The molecule has 1 aliphatic heterocycles. The van der Waals surface area contributed by atoms with Gasteiger partial charge in [0.2, 0.25) is 0 Å². The molecular weight excluding hydrogens is 220 g/mol. The minimum absolute atomic E-state index is 0.124. The third-order valence-corrected chi connectivity index (χ3v) is 3.14. The summed E-state index contributed by atoms with van der Waals surface area (Å²) in [5.41, 5.74) is 0. The largest absolute Gasteiger partial charge is 0.480 e. The van der Waals surface area contributed by atoms with E-state index >= 15 is 0 Å². The number of amides is 2. The lowest BCUT2D eigenvalue weighted by atomic mass is 10.0. The highest BCUT2D eigenvalue weighted by atomic mass is 16.4. The van der Waals surface area contributed by atoms with Crippen molar-refractivity contribution in [2.24, 2.45) is 0 Å². The van der Waals surface area contributed by atoms with Crippen LogP contribution in [0.1, 0.15) is 39.5 Å². The van der Waals surface area contributed by atoms with Crippen molar-refractivity contribution < 1.29 is 14.7 Å². The molecule has 1 atom stereocenters. The molecule has 0 bridgehead atoms. The van der Waals surface area contributed by atoms with Crippen molar-refractivity contribution in [1.82, 2.24) is 9.80 Å². The van der Waals surface area contributed by atoms with Crippen LogP contribution >= 0.6 is 0 Å². The third kappa shape index (κ3) is 3.91. The maximum Gasteiger partial charge on any atom is 0.323 e. The number of likely N-dealkylation sites (tertiary alicyclic amines) is 1. The van der Waals surface area contributed by atoms with Crippen LogP contribution in [-0.4, -0.2) is 52.6 Å². The smallest absolute Gasteiger partial charge is 0.323 e. The molecule has 0 aromatic rings. The molecule has 0 spiro atoms. The SMILES string of the molecule is CCCN(CC(=O)O)C(=O)N1CCCCC1C. The fraction of sp³-hybridized carbons (Fsp3) is 0.833. The molecule has 2 amide bonds.